The molecule has 17 heavy (non-hydrogen) atoms. The molecule has 0 unspecified atom stereocenters. The zero-order chi connectivity index (χ0) is 12.3. The standard InChI is InChI=1S/C15H25NO/c1-3-5-7-12-10-11-13-8-6-9-14(16(12)13)15(17)4-2/h9,12-13H,3-8,10-11H2,1-2H3/t12-,13-/m1/s1. The lowest BCUT2D eigenvalue weighted by atomic mass is 10.0. The molecule has 96 valence electrons. The first-order valence-electron chi connectivity index (χ1n) is 7.29. The van der Waals surface area contributed by atoms with E-state index in [2.05, 4.69) is 17.9 Å². The molecule has 0 amide bonds. The SMILES string of the molecule is CCCC[C@@H]1CC[C@H]2CCC=C(C(=O)CC)N21. The second kappa shape index (κ2) is 5.70. The Bertz CT molecular complexity index is 308. The van der Waals surface area contributed by atoms with Crippen molar-refractivity contribution in [1.82, 2.24) is 4.90 Å². The van der Waals surface area contributed by atoms with E-state index >= 15 is 0 Å². The van der Waals surface area contributed by atoms with Gasteiger partial charge in [0, 0.05) is 18.5 Å². The number of ketones is 1. The van der Waals surface area contributed by atoms with Gasteiger partial charge in [-0.3, -0.25) is 4.79 Å². The molecule has 1 fully saturated rings. The topological polar surface area (TPSA) is 20.3 Å². The average molecular weight is 235 g/mol. The molecule has 0 aromatic heterocycles. The summed E-state index contributed by atoms with van der Waals surface area (Å²) in [4.78, 5) is 14.5. The molecule has 2 aliphatic rings. The third-order valence-corrected chi connectivity index (χ3v) is 4.23. The Balaban J connectivity index is 2.11. The third-order valence-electron chi connectivity index (χ3n) is 4.23. The maximum absolute atomic E-state index is 12.0. The van der Waals surface area contributed by atoms with E-state index in [1.165, 1.54) is 38.5 Å². The molecule has 1 saturated heterocycles. The van der Waals surface area contributed by atoms with Gasteiger partial charge >= 0.3 is 0 Å². The monoisotopic (exact) mass is 235 g/mol. The van der Waals surface area contributed by atoms with Crippen LogP contribution in [0.4, 0.5) is 0 Å². The number of hydrogen-bond acceptors (Lipinski definition) is 2. The molecule has 0 aromatic carbocycles. The zero-order valence-corrected chi connectivity index (χ0v) is 11.2. The van der Waals surface area contributed by atoms with E-state index in [-0.39, 0.29) is 0 Å². The minimum atomic E-state index is 0.345. The van der Waals surface area contributed by atoms with Gasteiger partial charge < -0.3 is 4.90 Å². The molecule has 0 aromatic rings. The summed E-state index contributed by atoms with van der Waals surface area (Å²) in [6, 6.07) is 1.30. The fraction of sp³-hybridized carbons (Fsp3) is 0.800. The van der Waals surface area contributed by atoms with Crippen LogP contribution < -0.4 is 0 Å². The van der Waals surface area contributed by atoms with Crippen molar-refractivity contribution in [2.24, 2.45) is 0 Å². The third kappa shape index (κ3) is 2.56. The van der Waals surface area contributed by atoms with Crippen LogP contribution in [0, 0.1) is 0 Å². The predicted molar refractivity (Wildman–Crippen MR) is 70.8 cm³/mol. The Morgan fingerprint density at radius 2 is 2.18 bits per heavy atom. The Labute approximate surface area is 105 Å². The highest BCUT2D eigenvalue weighted by Crippen LogP contribution is 2.37. The number of allylic oxidation sites excluding steroid dienone is 2. The number of carbonyl (C=O) groups is 1. The van der Waals surface area contributed by atoms with Crippen molar-refractivity contribution < 1.29 is 4.79 Å². The average Bonchev–Trinajstić information content (AvgIpc) is 2.78. The lowest BCUT2D eigenvalue weighted by Crippen LogP contribution is -2.40. The van der Waals surface area contributed by atoms with Crippen molar-refractivity contribution in [3.63, 3.8) is 0 Å². The number of Topliss-reactive ketones (excluding diaryl/α,β-unsaturated/α-hetero) is 1. The van der Waals surface area contributed by atoms with E-state index < -0.39 is 0 Å². The van der Waals surface area contributed by atoms with E-state index in [0.29, 0.717) is 24.3 Å². The van der Waals surface area contributed by atoms with Crippen molar-refractivity contribution in [2.75, 3.05) is 0 Å². The predicted octanol–water partition coefficient (Wildman–Crippen LogP) is 3.67. The normalized spacial score (nSPS) is 27.9. The Hall–Kier alpha value is -0.790. The Morgan fingerprint density at radius 3 is 2.88 bits per heavy atom. The summed E-state index contributed by atoms with van der Waals surface area (Å²) in [7, 11) is 0. The molecule has 2 nitrogen and oxygen atoms in total. The van der Waals surface area contributed by atoms with Crippen LogP contribution in [-0.2, 0) is 4.79 Å². The Morgan fingerprint density at radius 1 is 1.35 bits per heavy atom. The minimum absolute atomic E-state index is 0.345. The molecule has 2 atom stereocenters. The maximum Gasteiger partial charge on any atom is 0.178 e. The van der Waals surface area contributed by atoms with Crippen molar-refractivity contribution in [2.45, 2.75) is 77.3 Å². The van der Waals surface area contributed by atoms with Gasteiger partial charge in [-0.05, 0) is 32.1 Å². The number of nitrogens with zero attached hydrogens (tertiary/aromatic N) is 1. The first kappa shape index (κ1) is 12.7. The van der Waals surface area contributed by atoms with Crippen LogP contribution in [0.15, 0.2) is 11.8 Å². The molecular weight excluding hydrogens is 210 g/mol. The van der Waals surface area contributed by atoms with Crippen molar-refractivity contribution in [3.05, 3.63) is 11.8 Å². The van der Waals surface area contributed by atoms with E-state index in [0.717, 1.165) is 12.1 Å². The minimum Gasteiger partial charge on any atom is -0.363 e. The Kier molecular flexibility index (Phi) is 4.25. The van der Waals surface area contributed by atoms with Gasteiger partial charge in [-0.25, -0.2) is 0 Å². The lowest BCUT2D eigenvalue weighted by molar-refractivity contribution is -0.117. The summed E-state index contributed by atoms with van der Waals surface area (Å²) < 4.78 is 0. The lowest BCUT2D eigenvalue weighted by Gasteiger charge is -2.36. The van der Waals surface area contributed by atoms with Gasteiger partial charge in [-0.2, -0.15) is 0 Å². The van der Waals surface area contributed by atoms with Crippen molar-refractivity contribution in [3.8, 4) is 0 Å². The zero-order valence-electron chi connectivity index (χ0n) is 11.2. The molecule has 2 aliphatic heterocycles. The number of hydrogen-bond donors (Lipinski definition) is 0. The highest BCUT2D eigenvalue weighted by atomic mass is 16.1. The summed E-state index contributed by atoms with van der Waals surface area (Å²) in [6.45, 7) is 4.22. The highest BCUT2D eigenvalue weighted by molar-refractivity contribution is 5.94. The van der Waals surface area contributed by atoms with Crippen LogP contribution in [0.25, 0.3) is 0 Å². The second-order valence-corrected chi connectivity index (χ2v) is 5.38. The van der Waals surface area contributed by atoms with Crippen LogP contribution in [0.2, 0.25) is 0 Å². The van der Waals surface area contributed by atoms with Gasteiger partial charge in [0.1, 0.15) is 0 Å². The number of rotatable bonds is 5. The molecule has 2 heterocycles. The van der Waals surface area contributed by atoms with Gasteiger partial charge in [0.25, 0.3) is 0 Å². The highest BCUT2D eigenvalue weighted by Gasteiger charge is 2.37. The summed E-state index contributed by atoms with van der Waals surface area (Å²) in [5, 5.41) is 0. The molecule has 0 aliphatic carbocycles. The van der Waals surface area contributed by atoms with E-state index in [9.17, 15) is 4.79 Å². The molecule has 0 spiro atoms. The van der Waals surface area contributed by atoms with Crippen LogP contribution in [0.5, 0.6) is 0 Å². The van der Waals surface area contributed by atoms with Crippen molar-refractivity contribution >= 4 is 5.78 Å². The number of unbranched alkanes of at least 4 members (excludes halogenated alkanes) is 1. The van der Waals surface area contributed by atoms with Gasteiger partial charge in [0.2, 0.25) is 0 Å². The van der Waals surface area contributed by atoms with Crippen LogP contribution in [0.3, 0.4) is 0 Å². The molecule has 0 saturated carbocycles. The first-order chi connectivity index (χ1) is 8.27. The smallest absolute Gasteiger partial charge is 0.178 e. The summed E-state index contributed by atoms with van der Waals surface area (Å²) in [5.41, 5.74) is 1.04. The van der Waals surface area contributed by atoms with Gasteiger partial charge in [-0.1, -0.05) is 32.8 Å². The summed E-state index contributed by atoms with van der Waals surface area (Å²) in [5.74, 6) is 0.345. The van der Waals surface area contributed by atoms with E-state index in [1.54, 1.807) is 0 Å². The molecule has 0 bridgehead atoms. The molecular formula is C15H25NO. The quantitative estimate of drug-likeness (QED) is 0.724. The van der Waals surface area contributed by atoms with Crippen LogP contribution in [-0.4, -0.2) is 22.8 Å². The van der Waals surface area contributed by atoms with Crippen LogP contribution >= 0.6 is 0 Å². The first-order valence-corrected chi connectivity index (χ1v) is 7.29. The van der Waals surface area contributed by atoms with Crippen LogP contribution in [0.1, 0.15) is 65.2 Å². The molecule has 2 heteroatoms. The summed E-state index contributed by atoms with van der Waals surface area (Å²) >= 11 is 0. The number of carbonyl (C=O) groups excluding carboxylic acids is 1. The van der Waals surface area contributed by atoms with Gasteiger partial charge in [0.05, 0.1) is 5.70 Å². The van der Waals surface area contributed by atoms with Gasteiger partial charge in [-0.15, -0.1) is 0 Å². The van der Waals surface area contributed by atoms with Gasteiger partial charge in [0.15, 0.2) is 5.78 Å². The fourth-order valence-electron chi connectivity index (χ4n) is 3.32. The van der Waals surface area contributed by atoms with E-state index in [1.807, 2.05) is 6.92 Å². The largest absolute Gasteiger partial charge is 0.363 e. The van der Waals surface area contributed by atoms with Crippen molar-refractivity contribution in [1.29, 1.82) is 0 Å². The second-order valence-electron chi connectivity index (χ2n) is 5.38. The fourth-order valence-corrected chi connectivity index (χ4v) is 3.32. The molecule has 0 N–H and O–H groups in total. The summed E-state index contributed by atoms with van der Waals surface area (Å²) in [6.07, 6.45) is 11.6. The van der Waals surface area contributed by atoms with E-state index in [4.69, 9.17) is 0 Å². The molecule has 2 rings (SSSR count). The molecule has 0 radical (unpaired) electrons. The maximum atomic E-state index is 12.0. The number of fused-ring (bicyclic) bond motifs is 1.